The maximum absolute atomic E-state index is 14.1. The van der Waals surface area contributed by atoms with Crippen LogP contribution in [-0.2, 0) is 54.3 Å². The van der Waals surface area contributed by atoms with Gasteiger partial charge in [0.1, 0.15) is 47.4 Å². The molecule has 4 aliphatic rings. The van der Waals surface area contributed by atoms with Gasteiger partial charge in [0.2, 0.25) is 23.6 Å². The van der Waals surface area contributed by atoms with Crippen LogP contribution in [0.25, 0.3) is 21.8 Å². The molecule has 4 aliphatic heterocycles. The Labute approximate surface area is 555 Å². The Bertz CT molecular complexity index is 4070. The van der Waals surface area contributed by atoms with Gasteiger partial charge in [0, 0.05) is 91.3 Å². The van der Waals surface area contributed by atoms with Crippen molar-refractivity contribution in [2.45, 2.75) is 91.9 Å². The number of aromatic nitrogens is 4. The summed E-state index contributed by atoms with van der Waals surface area (Å²) in [6.45, 7) is 10.6. The molecule has 18 nitrogen and oxygen atoms in total. The zero-order valence-corrected chi connectivity index (χ0v) is 53.8. The zero-order chi connectivity index (χ0) is 65.2. The summed E-state index contributed by atoms with van der Waals surface area (Å²) in [5.41, 5.74) is 5.46. The smallest absolute Gasteiger partial charge is 0.230 e. The Hall–Kier alpha value is -8.56. The van der Waals surface area contributed by atoms with E-state index in [0.29, 0.717) is 113 Å². The maximum atomic E-state index is 14.1. The topological polar surface area (TPSA) is 200 Å². The third-order valence-corrected chi connectivity index (χ3v) is 18.3. The SMILES string of the molecule is C.COc1cc2c(Oc3ccc(CC(=O)Cc4cc(C)ccc4F)c(Cl)c3)ncnc2cc1OCCC(=O)N1CCC2(CC1)COC2.COc1cc2c(Oc3ccc(CC(=O)Cc4cc(C)ccc4F)c(Cl)c3)ncnc2cc1OCCCC(=O)N1CCC2(CC1)COC2. The average molecular weight is 1330 g/mol. The minimum atomic E-state index is -0.401. The first-order valence-electron chi connectivity index (χ1n) is 31.0. The van der Waals surface area contributed by atoms with Gasteiger partial charge in [-0.2, -0.15) is 0 Å². The summed E-state index contributed by atoms with van der Waals surface area (Å²) in [6.07, 6.45) is 8.09. The molecule has 2 aromatic heterocycles. The number of hydrogen-bond acceptors (Lipinski definition) is 16. The standard InChI is InChI=1S/C36H37ClFN3O6.C35H35ClFN3O6.CH4/c1-23-5-8-30(38)25(14-23)16-26(42)15-24-6-7-27(17-29(24)37)47-35-28-18-32(44-2)33(19-31(28)39-22-40-35)46-13-3-4-34(43)41-11-9-36(10-12-41)20-45-21-36;1-22-3-6-29(37)24(13-22)15-25(41)14-23-4-5-26(16-28(23)36)46-34-27-17-31(43-2)32(18-30(27)38-21-39-34)45-12-7-33(42)40-10-8-35(9-11-40)19-44-20-35;/h5-8,14,17-19,22H,3-4,9-13,15-16,20-21H2,1-2H3;3-6,13,16-18,21H,7-12,14-15,19-20H2,1-2H3;1H4. The molecule has 0 N–H and O–H groups in total. The summed E-state index contributed by atoms with van der Waals surface area (Å²) in [5, 5.41) is 1.88. The van der Waals surface area contributed by atoms with Gasteiger partial charge in [0.25, 0.3) is 0 Å². The van der Waals surface area contributed by atoms with Crippen LogP contribution >= 0.6 is 23.2 Å². The first kappa shape index (κ1) is 68.3. The van der Waals surface area contributed by atoms with Crippen LogP contribution in [0.15, 0.2) is 110 Å². The molecule has 8 aromatic rings. The molecule has 6 heterocycles. The lowest BCUT2D eigenvalue weighted by atomic mass is 9.77. The van der Waals surface area contributed by atoms with Gasteiger partial charge in [-0.3, -0.25) is 19.2 Å². The average Bonchev–Trinajstić information content (AvgIpc) is 0.823. The van der Waals surface area contributed by atoms with Crippen LogP contribution in [0.5, 0.6) is 46.3 Å². The van der Waals surface area contributed by atoms with Crippen molar-refractivity contribution in [2.24, 2.45) is 10.8 Å². The largest absolute Gasteiger partial charge is 0.493 e. The van der Waals surface area contributed by atoms with Crippen molar-refractivity contribution >= 4 is 68.4 Å². The number of piperidine rings is 2. The van der Waals surface area contributed by atoms with E-state index in [9.17, 15) is 28.0 Å². The van der Waals surface area contributed by atoms with E-state index in [1.54, 1.807) is 92.0 Å². The summed E-state index contributed by atoms with van der Waals surface area (Å²) >= 11 is 13.0. The fourth-order valence-corrected chi connectivity index (χ4v) is 12.4. The monoisotopic (exact) mass is 1320 g/mol. The van der Waals surface area contributed by atoms with Crippen molar-refractivity contribution in [3.8, 4) is 46.3 Å². The number of ketones is 2. The molecule has 0 aliphatic carbocycles. The fourth-order valence-electron chi connectivity index (χ4n) is 11.9. The van der Waals surface area contributed by atoms with E-state index in [1.165, 1.54) is 31.9 Å². The maximum Gasteiger partial charge on any atom is 0.230 e. The van der Waals surface area contributed by atoms with Crippen molar-refractivity contribution in [1.82, 2.24) is 29.7 Å². The highest BCUT2D eigenvalue weighted by molar-refractivity contribution is 6.32. The van der Waals surface area contributed by atoms with Crippen molar-refractivity contribution in [1.29, 1.82) is 0 Å². The molecular formula is C72H76Cl2F2N6O12. The highest BCUT2D eigenvalue weighted by Crippen LogP contribution is 2.42. The lowest BCUT2D eigenvalue weighted by Crippen LogP contribution is -2.52. The number of carbonyl (C=O) groups excluding carboxylic acids is 4. The molecular weight excluding hydrogens is 1250 g/mol. The number of rotatable bonds is 23. The summed E-state index contributed by atoms with van der Waals surface area (Å²) < 4.78 is 74.4. The minimum Gasteiger partial charge on any atom is -0.493 e. The Kier molecular flexibility index (Phi) is 22.3. The predicted octanol–water partition coefficient (Wildman–Crippen LogP) is 13.6. The molecule has 2 spiro atoms. The van der Waals surface area contributed by atoms with Crippen molar-refractivity contribution in [3.05, 3.63) is 165 Å². The molecule has 0 atom stereocenters. The lowest BCUT2D eigenvalue weighted by Gasteiger charge is -2.47. The van der Waals surface area contributed by atoms with Crippen LogP contribution in [0.4, 0.5) is 8.78 Å². The predicted molar refractivity (Wildman–Crippen MR) is 352 cm³/mol. The molecule has 0 bridgehead atoms. The molecule has 22 heteroatoms. The summed E-state index contributed by atoms with van der Waals surface area (Å²) in [7, 11) is 3.08. The van der Waals surface area contributed by atoms with Gasteiger partial charge in [0.15, 0.2) is 23.0 Å². The van der Waals surface area contributed by atoms with Gasteiger partial charge < -0.3 is 47.7 Å². The lowest BCUT2D eigenvalue weighted by molar-refractivity contribution is -0.153. The van der Waals surface area contributed by atoms with Crippen LogP contribution in [0.3, 0.4) is 0 Å². The number of methoxy groups -OCH3 is 2. The normalized spacial score (nSPS) is 15.2. The Morgan fingerprint density at radius 2 is 0.926 bits per heavy atom. The number of hydrogen-bond donors (Lipinski definition) is 0. The van der Waals surface area contributed by atoms with Crippen LogP contribution in [0.2, 0.25) is 10.0 Å². The molecule has 94 heavy (non-hydrogen) atoms. The van der Waals surface area contributed by atoms with Crippen LogP contribution < -0.4 is 28.4 Å². The van der Waals surface area contributed by atoms with E-state index in [4.69, 9.17) is 61.1 Å². The van der Waals surface area contributed by atoms with E-state index >= 15 is 0 Å². The van der Waals surface area contributed by atoms with Crippen molar-refractivity contribution in [2.75, 3.05) is 80.0 Å². The molecule has 2 amide bonds. The number of halogens is 4. The minimum absolute atomic E-state index is 0. The third kappa shape index (κ3) is 16.7. The van der Waals surface area contributed by atoms with Crippen molar-refractivity contribution in [3.63, 3.8) is 0 Å². The summed E-state index contributed by atoms with van der Waals surface area (Å²) in [4.78, 5) is 72.2. The fraction of sp³-hybridized carbons (Fsp3) is 0.389. The van der Waals surface area contributed by atoms with Gasteiger partial charge in [0.05, 0.1) is 82.1 Å². The van der Waals surface area contributed by atoms with Gasteiger partial charge in [-0.05, 0) is 117 Å². The first-order chi connectivity index (χ1) is 44.9. The second-order valence-electron chi connectivity index (χ2n) is 24.4. The van der Waals surface area contributed by atoms with Gasteiger partial charge in [-0.25, -0.2) is 28.7 Å². The number of amides is 2. The molecule has 0 radical (unpaired) electrons. The van der Waals surface area contributed by atoms with E-state index in [0.717, 1.165) is 89.4 Å². The number of nitrogens with zero attached hydrogens (tertiary/aromatic N) is 6. The molecule has 4 saturated heterocycles. The number of benzene rings is 6. The van der Waals surface area contributed by atoms with Gasteiger partial charge in [-0.15, -0.1) is 0 Å². The molecule has 494 valence electrons. The highest BCUT2D eigenvalue weighted by atomic mass is 35.5. The van der Waals surface area contributed by atoms with E-state index in [-0.39, 0.29) is 86.7 Å². The van der Waals surface area contributed by atoms with Gasteiger partial charge >= 0.3 is 0 Å². The number of carbonyl (C=O) groups is 4. The van der Waals surface area contributed by atoms with E-state index < -0.39 is 11.6 Å². The van der Waals surface area contributed by atoms with Crippen LogP contribution in [-0.4, -0.2) is 133 Å². The van der Waals surface area contributed by atoms with Crippen molar-refractivity contribution < 1.29 is 65.9 Å². The number of Topliss-reactive ketones (excluding diaryl/α,β-unsaturated/α-hetero) is 2. The van der Waals surface area contributed by atoms with Gasteiger partial charge in [-0.1, -0.05) is 78.2 Å². The Morgan fingerprint density at radius 1 is 0.511 bits per heavy atom. The van der Waals surface area contributed by atoms with E-state index in [2.05, 4.69) is 19.9 Å². The second-order valence-corrected chi connectivity index (χ2v) is 25.2. The third-order valence-electron chi connectivity index (χ3n) is 17.6. The second kappa shape index (κ2) is 30.7. The van der Waals surface area contributed by atoms with E-state index in [1.807, 2.05) is 23.6 Å². The molecule has 0 unspecified atom stereocenters. The Balaban J connectivity index is 0.000000203. The molecule has 4 fully saturated rings. The number of aryl methyl sites for hydroxylation is 2. The number of ether oxygens (including phenoxy) is 8. The Morgan fingerprint density at radius 3 is 1.33 bits per heavy atom. The van der Waals surface area contributed by atoms with Crippen LogP contribution in [0, 0.1) is 36.3 Å². The quantitative estimate of drug-likeness (QED) is 0.0547. The molecule has 0 saturated carbocycles. The summed E-state index contributed by atoms with van der Waals surface area (Å²) in [6, 6.07) is 26.5. The number of likely N-dealkylation sites (tertiary alicyclic amines) is 2. The zero-order valence-electron chi connectivity index (χ0n) is 52.3. The molecule has 6 aromatic carbocycles. The number of fused-ring (bicyclic) bond motifs is 2. The first-order valence-corrected chi connectivity index (χ1v) is 31.8. The summed E-state index contributed by atoms with van der Waals surface area (Å²) in [5.74, 6) is 2.41. The van der Waals surface area contributed by atoms with Crippen LogP contribution in [0.1, 0.15) is 85.8 Å². The highest BCUT2D eigenvalue weighted by Gasteiger charge is 2.43. The molecule has 12 rings (SSSR count).